The van der Waals surface area contributed by atoms with Crippen LogP contribution in [0.4, 0.5) is 5.95 Å². The van der Waals surface area contributed by atoms with Crippen molar-refractivity contribution in [1.29, 1.82) is 0 Å². The monoisotopic (exact) mass is 455 g/mol. The summed E-state index contributed by atoms with van der Waals surface area (Å²) in [6, 6.07) is 7.64. The highest BCUT2D eigenvalue weighted by molar-refractivity contribution is 7.18. The van der Waals surface area contributed by atoms with E-state index in [2.05, 4.69) is 5.32 Å². The molecule has 8 heteroatoms. The van der Waals surface area contributed by atoms with Gasteiger partial charge in [0.25, 0.3) is 5.56 Å². The minimum absolute atomic E-state index is 0.0285. The van der Waals surface area contributed by atoms with Crippen LogP contribution in [0.25, 0.3) is 15.9 Å². The molecule has 2 N–H and O–H groups in total. The Morgan fingerprint density at radius 1 is 1.16 bits per heavy atom. The van der Waals surface area contributed by atoms with E-state index in [-0.39, 0.29) is 5.56 Å². The van der Waals surface area contributed by atoms with Crippen LogP contribution in [0.15, 0.2) is 29.1 Å². The Kier molecular flexibility index (Phi) is 6.43. The molecule has 0 amide bonds. The summed E-state index contributed by atoms with van der Waals surface area (Å²) in [5.74, 6) is 1.39. The maximum Gasteiger partial charge on any atom is 0.268 e. The van der Waals surface area contributed by atoms with E-state index < -0.39 is 0 Å². The minimum Gasteiger partial charge on any atom is -0.497 e. The van der Waals surface area contributed by atoms with Crippen LogP contribution < -0.4 is 20.5 Å². The number of hydrogen-bond acceptors (Lipinski definition) is 6. The van der Waals surface area contributed by atoms with Crippen molar-refractivity contribution in [3.05, 3.63) is 45.1 Å². The number of rotatable bonds is 6. The number of aryl methyl sites for hydroxylation is 2. The molecule has 3 aromatic rings. The van der Waals surface area contributed by atoms with Crippen LogP contribution >= 0.6 is 11.3 Å². The van der Waals surface area contributed by atoms with Crippen molar-refractivity contribution in [2.75, 3.05) is 51.8 Å². The van der Waals surface area contributed by atoms with Crippen LogP contribution in [0.2, 0.25) is 0 Å². The summed E-state index contributed by atoms with van der Waals surface area (Å²) in [4.78, 5) is 22.6. The summed E-state index contributed by atoms with van der Waals surface area (Å²) in [6.07, 6.45) is 5.60. The SMILES string of the molecule is COc1ccc(-n2c(NCC[NH+]3CCOCC3)nc3sc4c(c3c2=O)CCCCC4)cc1. The van der Waals surface area contributed by atoms with Gasteiger partial charge in [-0.25, -0.2) is 9.55 Å². The zero-order valence-electron chi connectivity index (χ0n) is 18.6. The fraction of sp³-hybridized carbons (Fsp3) is 0.500. The Labute approximate surface area is 192 Å². The highest BCUT2D eigenvalue weighted by atomic mass is 32.1. The maximum absolute atomic E-state index is 13.9. The molecule has 1 aliphatic heterocycles. The lowest BCUT2D eigenvalue weighted by Gasteiger charge is -2.24. The molecule has 1 aliphatic carbocycles. The smallest absolute Gasteiger partial charge is 0.268 e. The summed E-state index contributed by atoms with van der Waals surface area (Å²) in [6.45, 7) is 5.41. The van der Waals surface area contributed by atoms with Gasteiger partial charge in [-0.1, -0.05) is 6.42 Å². The van der Waals surface area contributed by atoms with Crippen LogP contribution in [-0.2, 0) is 17.6 Å². The number of nitrogens with zero attached hydrogens (tertiary/aromatic N) is 2. The average molecular weight is 456 g/mol. The Morgan fingerprint density at radius 3 is 2.72 bits per heavy atom. The summed E-state index contributed by atoms with van der Waals surface area (Å²) < 4.78 is 12.5. The van der Waals surface area contributed by atoms with Gasteiger partial charge in [-0.05, 0) is 55.5 Å². The van der Waals surface area contributed by atoms with Crippen molar-refractivity contribution in [2.24, 2.45) is 0 Å². The van der Waals surface area contributed by atoms with Crippen LogP contribution in [0.3, 0.4) is 0 Å². The molecule has 2 aromatic heterocycles. The predicted molar refractivity (Wildman–Crippen MR) is 128 cm³/mol. The Hall–Kier alpha value is -2.42. The summed E-state index contributed by atoms with van der Waals surface area (Å²) >= 11 is 1.71. The lowest BCUT2D eigenvalue weighted by atomic mass is 10.1. The molecule has 2 aliphatic rings. The van der Waals surface area contributed by atoms with Gasteiger partial charge in [-0.15, -0.1) is 11.3 Å². The number of anilines is 1. The number of methoxy groups -OCH3 is 1. The molecule has 0 spiro atoms. The Bertz CT molecular complexity index is 1130. The molecular formula is C24H31N4O3S+. The van der Waals surface area contributed by atoms with Gasteiger partial charge >= 0.3 is 0 Å². The topological polar surface area (TPSA) is 69.8 Å². The lowest BCUT2D eigenvalue weighted by molar-refractivity contribution is -0.906. The van der Waals surface area contributed by atoms with Gasteiger partial charge in [0, 0.05) is 4.88 Å². The maximum atomic E-state index is 13.9. The summed E-state index contributed by atoms with van der Waals surface area (Å²) in [7, 11) is 1.65. The van der Waals surface area contributed by atoms with Gasteiger partial charge in [0.1, 0.15) is 23.7 Å². The molecule has 0 radical (unpaired) electrons. The quantitative estimate of drug-likeness (QED) is 0.557. The van der Waals surface area contributed by atoms with Crippen molar-refractivity contribution in [1.82, 2.24) is 9.55 Å². The van der Waals surface area contributed by atoms with Crippen molar-refractivity contribution in [3.8, 4) is 11.4 Å². The van der Waals surface area contributed by atoms with Gasteiger partial charge < -0.3 is 19.7 Å². The Balaban J connectivity index is 1.54. The first-order valence-corrected chi connectivity index (χ1v) is 12.4. The van der Waals surface area contributed by atoms with E-state index >= 15 is 0 Å². The van der Waals surface area contributed by atoms with Crippen LogP contribution in [0.5, 0.6) is 5.75 Å². The molecule has 0 unspecified atom stereocenters. The molecule has 0 atom stereocenters. The highest BCUT2D eigenvalue weighted by Crippen LogP contribution is 2.34. The van der Waals surface area contributed by atoms with Gasteiger partial charge in [0.05, 0.1) is 44.5 Å². The molecule has 3 heterocycles. The standard InChI is InChI=1S/C24H30N4O3S/c1-30-18-9-7-17(8-10-18)28-23(29)21-19-5-3-2-4-6-20(19)32-22(21)26-24(28)25-11-12-27-13-15-31-16-14-27/h7-10H,2-6,11-16H2,1H3,(H,25,26)/p+1. The molecule has 0 saturated carbocycles. The first-order valence-electron chi connectivity index (χ1n) is 11.6. The second-order valence-corrected chi connectivity index (χ2v) is 9.64. The summed E-state index contributed by atoms with van der Waals surface area (Å²) in [5, 5.41) is 4.29. The van der Waals surface area contributed by atoms with E-state index in [1.807, 2.05) is 24.3 Å². The third kappa shape index (κ3) is 4.27. The normalized spacial score (nSPS) is 17.2. The second kappa shape index (κ2) is 9.60. The number of hydrogen-bond donors (Lipinski definition) is 2. The number of thiophene rings is 1. The van der Waals surface area contributed by atoms with E-state index in [4.69, 9.17) is 14.5 Å². The van der Waals surface area contributed by atoms with E-state index in [1.165, 1.54) is 28.2 Å². The minimum atomic E-state index is 0.0285. The van der Waals surface area contributed by atoms with Gasteiger partial charge in [-0.3, -0.25) is 4.79 Å². The number of quaternary nitrogens is 1. The fourth-order valence-corrected chi connectivity index (χ4v) is 5.98. The molecular weight excluding hydrogens is 424 g/mol. The predicted octanol–water partition coefficient (Wildman–Crippen LogP) is 2.05. The number of morpholine rings is 1. The average Bonchev–Trinajstić information content (AvgIpc) is 3.01. The van der Waals surface area contributed by atoms with Gasteiger partial charge in [-0.2, -0.15) is 0 Å². The molecule has 5 rings (SSSR count). The summed E-state index contributed by atoms with van der Waals surface area (Å²) in [5.41, 5.74) is 2.06. The van der Waals surface area contributed by atoms with Crippen molar-refractivity contribution in [3.63, 3.8) is 0 Å². The van der Waals surface area contributed by atoms with Gasteiger partial charge in [0.15, 0.2) is 0 Å². The first-order chi connectivity index (χ1) is 15.7. The number of nitrogens with one attached hydrogen (secondary N) is 2. The van der Waals surface area contributed by atoms with Crippen molar-refractivity contribution in [2.45, 2.75) is 32.1 Å². The number of ether oxygens (including phenoxy) is 2. The van der Waals surface area contributed by atoms with E-state index in [1.54, 1.807) is 23.0 Å². The van der Waals surface area contributed by atoms with Gasteiger partial charge in [0.2, 0.25) is 5.95 Å². The fourth-order valence-electron chi connectivity index (χ4n) is 4.73. The molecule has 1 saturated heterocycles. The molecule has 0 bridgehead atoms. The van der Waals surface area contributed by atoms with E-state index in [0.29, 0.717) is 5.95 Å². The largest absolute Gasteiger partial charge is 0.497 e. The molecule has 32 heavy (non-hydrogen) atoms. The third-order valence-corrected chi connectivity index (χ3v) is 7.72. The van der Waals surface area contributed by atoms with Crippen molar-refractivity contribution < 1.29 is 14.4 Å². The highest BCUT2D eigenvalue weighted by Gasteiger charge is 2.22. The number of aromatic nitrogens is 2. The molecule has 7 nitrogen and oxygen atoms in total. The molecule has 170 valence electrons. The van der Waals surface area contributed by atoms with Crippen LogP contribution in [0, 0.1) is 0 Å². The second-order valence-electron chi connectivity index (χ2n) is 8.56. The Morgan fingerprint density at radius 2 is 1.94 bits per heavy atom. The number of fused-ring (bicyclic) bond motifs is 3. The zero-order chi connectivity index (χ0) is 21.9. The van der Waals surface area contributed by atoms with E-state index in [9.17, 15) is 4.79 Å². The van der Waals surface area contributed by atoms with Crippen LogP contribution in [-0.4, -0.2) is 56.1 Å². The van der Waals surface area contributed by atoms with Crippen LogP contribution in [0.1, 0.15) is 29.7 Å². The third-order valence-electron chi connectivity index (χ3n) is 6.53. The molecule has 1 fully saturated rings. The lowest BCUT2D eigenvalue weighted by Crippen LogP contribution is -3.14. The zero-order valence-corrected chi connectivity index (χ0v) is 19.4. The first kappa shape index (κ1) is 21.4. The molecule has 1 aromatic carbocycles. The van der Waals surface area contributed by atoms with Crippen molar-refractivity contribution >= 4 is 27.5 Å². The number of benzene rings is 1. The van der Waals surface area contributed by atoms with E-state index in [0.717, 1.165) is 80.3 Å².